The summed E-state index contributed by atoms with van der Waals surface area (Å²) in [6.45, 7) is 4.74. The number of nitrogens with zero attached hydrogens (tertiary/aromatic N) is 1. The molecule has 0 saturated carbocycles. The summed E-state index contributed by atoms with van der Waals surface area (Å²) >= 11 is 0. The highest BCUT2D eigenvalue weighted by molar-refractivity contribution is 5.73. The molecule has 3 rings (SSSR count). The van der Waals surface area contributed by atoms with E-state index in [9.17, 15) is 0 Å². The molecule has 26 heavy (non-hydrogen) atoms. The van der Waals surface area contributed by atoms with Crippen LogP contribution < -0.4 is 15.4 Å². The molecule has 0 radical (unpaired) electrons. The van der Waals surface area contributed by atoms with Crippen molar-refractivity contribution in [3.8, 4) is 16.9 Å². The van der Waals surface area contributed by atoms with Crippen molar-refractivity contribution in [1.29, 1.82) is 0 Å². The van der Waals surface area contributed by atoms with Crippen LogP contribution in [-0.2, 0) is 6.54 Å². The first-order chi connectivity index (χ1) is 12.8. The summed E-state index contributed by atoms with van der Waals surface area (Å²) < 4.78 is 5.56. The van der Waals surface area contributed by atoms with Crippen LogP contribution in [0.1, 0.15) is 11.1 Å². The van der Waals surface area contributed by atoms with Gasteiger partial charge in [-0.3, -0.25) is 4.98 Å². The van der Waals surface area contributed by atoms with Gasteiger partial charge in [0.05, 0.1) is 7.11 Å². The lowest BCUT2D eigenvalue weighted by Crippen LogP contribution is -2.21. The maximum Gasteiger partial charge on any atom is 0.128 e. The minimum atomic E-state index is 0.851. The Labute approximate surface area is 155 Å². The highest BCUT2D eigenvalue weighted by atomic mass is 16.5. The van der Waals surface area contributed by atoms with Crippen molar-refractivity contribution in [2.75, 3.05) is 25.5 Å². The van der Waals surface area contributed by atoms with Crippen molar-refractivity contribution >= 4 is 5.69 Å². The number of aryl methyl sites for hydroxylation is 1. The van der Waals surface area contributed by atoms with E-state index >= 15 is 0 Å². The fourth-order valence-electron chi connectivity index (χ4n) is 2.92. The molecule has 0 unspecified atom stereocenters. The summed E-state index contributed by atoms with van der Waals surface area (Å²) in [6, 6.07) is 18.8. The summed E-state index contributed by atoms with van der Waals surface area (Å²) in [5.74, 6) is 0.855. The van der Waals surface area contributed by atoms with E-state index < -0.39 is 0 Å². The van der Waals surface area contributed by atoms with Gasteiger partial charge < -0.3 is 15.4 Å². The van der Waals surface area contributed by atoms with Gasteiger partial charge in [0.25, 0.3) is 0 Å². The molecule has 0 spiro atoms. The van der Waals surface area contributed by atoms with Crippen LogP contribution in [0.4, 0.5) is 5.69 Å². The number of hydrogen-bond donors (Lipinski definition) is 2. The first-order valence-corrected chi connectivity index (χ1v) is 8.85. The lowest BCUT2D eigenvalue weighted by Gasteiger charge is -2.13. The number of hydrogen-bond acceptors (Lipinski definition) is 4. The molecular formula is C22H25N3O. The standard InChI is InChI=1S/C22H25N3O/c1-17-4-3-5-18(14-17)16-24-12-13-25-20-6-7-21(22(15-20)26-2)19-8-10-23-11-9-19/h3-11,14-15,24-25H,12-13,16H2,1-2H3. The average Bonchev–Trinajstić information content (AvgIpc) is 2.68. The van der Waals surface area contributed by atoms with Gasteiger partial charge in [0.2, 0.25) is 0 Å². The second kappa shape index (κ2) is 9.02. The van der Waals surface area contributed by atoms with Crippen molar-refractivity contribution in [3.63, 3.8) is 0 Å². The highest BCUT2D eigenvalue weighted by Crippen LogP contribution is 2.31. The quantitative estimate of drug-likeness (QED) is 0.598. The molecule has 0 bridgehead atoms. The molecule has 0 aliphatic heterocycles. The second-order valence-corrected chi connectivity index (χ2v) is 6.24. The topological polar surface area (TPSA) is 46.2 Å². The molecule has 0 amide bonds. The lowest BCUT2D eigenvalue weighted by atomic mass is 10.1. The smallest absolute Gasteiger partial charge is 0.128 e. The molecule has 4 nitrogen and oxygen atoms in total. The third kappa shape index (κ3) is 4.83. The van der Waals surface area contributed by atoms with Crippen LogP contribution in [-0.4, -0.2) is 25.2 Å². The van der Waals surface area contributed by atoms with E-state index in [0.717, 1.165) is 42.2 Å². The zero-order valence-electron chi connectivity index (χ0n) is 15.3. The Kier molecular flexibility index (Phi) is 6.23. The van der Waals surface area contributed by atoms with Crippen LogP contribution in [0.2, 0.25) is 0 Å². The SMILES string of the molecule is COc1cc(NCCNCc2cccc(C)c2)ccc1-c1ccncc1. The monoisotopic (exact) mass is 347 g/mol. The number of benzene rings is 2. The van der Waals surface area contributed by atoms with Crippen LogP contribution in [0.15, 0.2) is 67.0 Å². The van der Waals surface area contributed by atoms with E-state index in [1.165, 1.54) is 11.1 Å². The number of aromatic nitrogens is 1. The Bertz CT molecular complexity index is 834. The van der Waals surface area contributed by atoms with Crippen molar-refractivity contribution < 1.29 is 4.74 Å². The fourth-order valence-corrected chi connectivity index (χ4v) is 2.92. The zero-order valence-corrected chi connectivity index (χ0v) is 15.3. The van der Waals surface area contributed by atoms with Crippen LogP contribution in [0.5, 0.6) is 5.75 Å². The Balaban J connectivity index is 1.52. The Hall–Kier alpha value is -2.85. The molecule has 0 fully saturated rings. The van der Waals surface area contributed by atoms with E-state index in [4.69, 9.17) is 4.74 Å². The Morgan fingerprint density at radius 2 is 1.81 bits per heavy atom. The minimum Gasteiger partial charge on any atom is -0.496 e. The number of ether oxygens (including phenoxy) is 1. The van der Waals surface area contributed by atoms with Crippen LogP contribution in [0.25, 0.3) is 11.1 Å². The van der Waals surface area contributed by atoms with Gasteiger partial charge in [-0.2, -0.15) is 0 Å². The first-order valence-electron chi connectivity index (χ1n) is 8.85. The maximum absolute atomic E-state index is 5.56. The predicted octanol–water partition coefficient (Wildman–Crippen LogP) is 4.27. The third-order valence-electron chi connectivity index (χ3n) is 4.24. The third-order valence-corrected chi connectivity index (χ3v) is 4.24. The fraction of sp³-hybridized carbons (Fsp3) is 0.227. The van der Waals surface area contributed by atoms with E-state index in [0.29, 0.717) is 0 Å². The molecule has 2 aromatic carbocycles. The van der Waals surface area contributed by atoms with Crippen molar-refractivity contribution in [2.24, 2.45) is 0 Å². The minimum absolute atomic E-state index is 0.851. The maximum atomic E-state index is 5.56. The van der Waals surface area contributed by atoms with Crippen molar-refractivity contribution in [2.45, 2.75) is 13.5 Å². The van der Waals surface area contributed by atoms with E-state index in [1.807, 2.05) is 18.2 Å². The van der Waals surface area contributed by atoms with E-state index in [1.54, 1.807) is 19.5 Å². The lowest BCUT2D eigenvalue weighted by molar-refractivity contribution is 0.416. The average molecular weight is 347 g/mol. The van der Waals surface area contributed by atoms with Gasteiger partial charge in [0.15, 0.2) is 0 Å². The summed E-state index contributed by atoms with van der Waals surface area (Å²) in [4.78, 5) is 4.07. The predicted molar refractivity (Wildman–Crippen MR) is 108 cm³/mol. The molecule has 0 aliphatic carbocycles. The Morgan fingerprint density at radius 3 is 2.58 bits per heavy atom. The van der Waals surface area contributed by atoms with Crippen LogP contribution in [0, 0.1) is 6.92 Å². The molecule has 3 aromatic rings. The van der Waals surface area contributed by atoms with Gasteiger partial charge in [-0.25, -0.2) is 0 Å². The number of rotatable bonds is 8. The summed E-state index contributed by atoms with van der Waals surface area (Å²) in [5, 5.41) is 6.91. The molecule has 2 N–H and O–H groups in total. The van der Waals surface area contributed by atoms with Gasteiger partial charge in [0.1, 0.15) is 5.75 Å². The molecule has 0 saturated heterocycles. The van der Waals surface area contributed by atoms with Crippen molar-refractivity contribution in [1.82, 2.24) is 10.3 Å². The summed E-state index contributed by atoms with van der Waals surface area (Å²) in [5.41, 5.74) is 5.83. The molecule has 1 heterocycles. The number of nitrogens with one attached hydrogen (secondary N) is 2. The number of methoxy groups -OCH3 is 1. The molecular weight excluding hydrogens is 322 g/mol. The molecule has 1 aromatic heterocycles. The normalized spacial score (nSPS) is 10.5. The number of pyridine rings is 1. The van der Waals surface area contributed by atoms with Crippen LogP contribution in [0.3, 0.4) is 0 Å². The van der Waals surface area contributed by atoms with E-state index in [2.05, 4.69) is 58.9 Å². The van der Waals surface area contributed by atoms with Gasteiger partial charge >= 0.3 is 0 Å². The Morgan fingerprint density at radius 1 is 0.962 bits per heavy atom. The molecule has 134 valence electrons. The van der Waals surface area contributed by atoms with E-state index in [-0.39, 0.29) is 0 Å². The van der Waals surface area contributed by atoms with Crippen molar-refractivity contribution in [3.05, 3.63) is 78.1 Å². The largest absolute Gasteiger partial charge is 0.496 e. The van der Waals surface area contributed by atoms with Crippen LogP contribution >= 0.6 is 0 Å². The molecule has 0 aliphatic rings. The highest BCUT2D eigenvalue weighted by Gasteiger charge is 2.06. The van der Waals surface area contributed by atoms with Gasteiger partial charge in [0, 0.05) is 49.3 Å². The summed E-state index contributed by atoms with van der Waals surface area (Å²) in [7, 11) is 1.70. The molecule has 0 atom stereocenters. The zero-order chi connectivity index (χ0) is 18.2. The number of anilines is 1. The second-order valence-electron chi connectivity index (χ2n) is 6.24. The molecule has 4 heteroatoms. The van der Waals surface area contributed by atoms with Gasteiger partial charge in [-0.1, -0.05) is 29.8 Å². The summed E-state index contributed by atoms with van der Waals surface area (Å²) in [6.07, 6.45) is 3.58. The van der Waals surface area contributed by atoms with Gasteiger partial charge in [-0.05, 0) is 42.3 Å². The van der Waals surface area contributed by atoms with Gasteiger partial charge in [-0.15, -0.1) is 0 Å². The first kappa shape index (κ1) is 18.0.